The number of hydrogen-bond donors (Lipinski definition) is 1. The predicted molar refractivity (Wildman–Crippen MR) is 125 cm³/mol. The zero-order chi connectivity index (χ0) is 21.6. The molecule has 3 aromatic carbocycles. The largest absolute Gasteiger partial charge is 0.325 e. The van der Waals surface area contributed by atoms with Crippen molar-refractivity contribution in [2.75, 3.05) is 5.32 Å². The van der Waals surface area contributed by atoms with E-state index in [4.69, 9.17) is 23.2 Å². The molecular formula is C23H18Cl2N4OS. The quantitative estimate of drug-likeness (QED) is 0.363. The van der Waals surface area contributed by atoms with Gasteiger partial charge in [-0.2, -0.15) is 4.98 Å². The van der Waals surface area contributed by atoms with E-state index in [1.54, 1.807) is 4.68 Å². The summed E-state index contributed by atoms with van der Waals surface area (Å²) in [5.74, 6) is -0.0834. The number of carbonyl (C=O) groups is 1. The number of rotatable bonds is 7. The first-order valence-corrected chi connectivity index (χ1v) is 11.1. The normalized spacial score (nSPS) is 10.8. The minimum Gasteiger partial charge on any atom is -0.325 e. The molecule has 8 heteroatoms. The van der Waals surface area contributed by atoms with Crippen LogP contribution in [0.5, 0.6) is 0 Å². The predicted octanol–water partition coefficient (Wildman–Crippen LogP) is 5.97. The highest BCUT2D eigenvalue weighted by atomic mass is 35.5. The lowest BCUT2D eigenvalue weighted by Crippen LogP contribution is -2.15. The maximum Gasteiger partial charge on any atom is 0.243 e. The fourth-order valence-electron chi connectivity index (χ4n) is 2.98. The van der Waals surface area contributed by atoms with Gasteiger partial charge >= 0.3 is 0 Å². The van der Waals surface area contributed by atoms with Crippen molar-refractivity contribution in [3.63, 3.8) is 0 Å². The van der Waals surface area contributed by atoms with E-state index in [1.807, 2.05) is 78.9 Å². The number of hydrogen-bond acceptors (Lipinski definition) is 4. The number of nitrogens with one attached hydrogen (secondary N) is 1. The maximum atomic E-state index is 12.5. The first kappa shape index (κ1) is 21.4. The van der Waals surface area contributed by atoms with Crippen molar-refractivity contribution in [2.24, 2.45) is 0 Å². The number of halogens is 2. The van der Waals surface area contributed by atoms with Crippen LogP contribution in [0.15, 0.2) is 88.9 Å². The third-order valence-electron chi connectivity index (χ3n) is 4.43. The summed E-state index contributed by atoms with van der Waals surface area (Å²) in [6, 6.07) is 24.8. The van der Waals surface area contributed by atoms with Crippen LogP contribution in [0.3, 0.4) is 0 Å². The molecule has 0 aliphatic carbocycles. The van der Waals surface area contributed by atoms with Crippen LogP contribution in [0.4, 0.5) is 5.69 Å². The minimum atomic E-state index is -0.0834. The third-order valence-corrected chi connectivity index (χ3v) is 5.90. The van der Waals surface area contributed by atoms with Crippen molar-refractivity contribution in [1.29, 1.82) is 0 Å². The second-order valence-electron chi connectivity index (χ2n) is 6.76. The van der Waals surface area contributed by atoms with Crippen molar-refractivity contribution in [1.82, 2.24) is 14.8 Å². The van der Waals surface area contributed by atoms with Crippen LogP contribution in [0.25, 0.3) is 0 Å². The molecule has 0 radical (unpaired) electrons. The van der Waals surface area contributed by atoms with Crippen molar-refractivity contribution in [3.8, 4) is 0 Å². The topological polar surface area (TPSA) is 59.8 Å². The van der Waals surface area contributed by atoms with E-state index < -0.39 is 0 Å². The van der Waals surface area contributed by atoms with Gasteiger partial charge in [0.2, 0.25) is 11.2 Å². The highest BCUT2D eigenvalue weighted by molar-refractivity contribution is 7.99. The van der Waals surface area contributed by atoms with Crippen LogP contribution < -0.4 is 5.32 Å². The fourth-order valence-corrected chi connectivity index (χ4v) is 4.24. The monoisotopic (exact) mass is 468 g/mol. The summed E-state index contributed by atoms with van der Waals surface area (Å²) in [6.07, 6.45) is 0.304. The van der Waals surface area contributed by atoms with Gasteiger partial charge in [0, 0.05) is 9.92 Å². The Kier molecular flexibility index (Phi) is 6.92. The van der Waals surface area contributed by atoms with Gasteiger partial charge in [0.05, 0.1) is 18.7 Å². The van der Waals surface area contributed by atoms with Gasteiger partial charge in [0.1, 0.15) is 0 Å². The van der Waals surface area contributed by atoms with E-state index in [0.29, 0.717) is 28.8 Å². The van der Waals surface area contributed by atoms with Gasteiger partial charge in [-0.3, -0.25) is 4.79 Å². The molecule has 0 saturated carbocycles. The molecule has 1 heterocycles. The van der Waals surface area contributed by atoms with E-state index in [0.717, 1.165) is 16.0 Å². The molecule has 156 valence electrons. The van der Waals surface area contributed by atoms with Gasteiger partial charge in [-0.15, -0.1) is 5.10 Å². The maximum absolute atomic E-state index is 12.5. The number of nitrogens with zero attached hydrogens (tertiary/aromatic N) is 3. The number of benzene rings is 3. The summed E-state index contributed by atoms with van der Waals surface area (Å²) < 4.78 is 1.73. The highest BCUT2D eigenvalue weighted by Crippen LogP contribution is 2.33. The molecule has 0 atom stereocenters. The van der Waals surface area contributed by atoms with E-state index in [-0.39, 0.29) is 11.2 Å². The smallest absolute Gasteiger partial charge is 0.243 e. The lowest BCUT2D eigenvalue weighted by molar-refractivity contribution is -0.115. The SMILES string of the molecule is O=C(Cc1ccccc1)Nc1ccccc1Sc1nc(Cl)nn1Cc1ccc(Cl)cc1. The van der Waals surface area contributed by atoms with Gasteiger partial charge < -0.3 is 5.32 Å². The Morgan fingerprint density at radius 2 is 1.61 bits per heavy atom. The molecule has 0 aliphatic heterocycles. The summed E-state index contributed by atoms with van der Waals surface area (Å²) in [4.78, 5) is 17.7. The van der Waals surface area contributed by atoms with Crippen LogP contribution >= 0.6 is 35.0 Å². The summed E-state index contributed by atoms with van der Waals surface area (Å²) in [5.41, 5.74) is 2.70. The van der Waals surface area contributed by atoms with E-state index in [9.17, 15) is 4.79 Å². The lowest BCUT2D eigenvalue weighted by Gasteiger charge is -2.11. The minimum absolute atomic E-state index is 0.0834. The molecule has 0 spiro atoms. The Morgan fingerprint density at radius 3 is 2.39 bits per heavy atom. The standard InChI is InChI=1S/C23H18Cl2N4OS/c24-18-12-10-17(11-13-18)15-29-23(27-22(25)28-29)31-20-9-5-4-8-19(20)26-21(30)14-16-6-2-1-3-7-16/h1-13H,14-15H2,(H,26,30). The average Bonchev–Trinajstić information content (AvgIpc) is 3.10. The van der Waals surface area contributed by atoms with Crippen LogP contribution in [-0.2, 0) is 17.8 Å². The van der Waals surface area contributed by atoms with Crippen molar-refractivity contribution in [3.05, 3.63) is 100 Å². The second kappa shape index (κ2) is 10.0. The molecule has 0 saturated heterocycles. The molecule has 1 aromatic heterocycles. The molecule has 4 rings (SSSR count). The summed E-state index contributed by atoms with van der Waals surface area (Å²) in [5, 5.41) is 8.77. The van der Waals surface area contributed by atoms with Crippen molar-refractivity contribution >= 4 is 46.6 Å². The van der Waals surface area contributed by atoms with Crippen LogP contribution in [-0.4, -0.2) is 20.7 Å². The Labute approximate surface area is 194 Å². The molecule has 1 amide bonds. The third kappa shape index (κ3) is 5.88. The molecule has 0 unspecified atom stereocenters. The van der Waals surface area contributed by atoms with Gasteiger partial charge in [-0.05, 0) is 58.8 Å². The molecule has 4 aromatic rings. The molecule has 31 heavy (non-hydrogen) atoms. The molecule has 0 aliphatic rings. The number of aromatic nitrogens is 3. The molecule has 0 bridgehead atoms. The molecule has 0 fully saturated rings. The second-order valence-corrected chi connectivity index (χ2v) is 8.54. The van der Waals surface area contributed by atoms with Crippen LogP contribution in [0, 0.1) is 0 Å². The number of para-hydroxylation sites is 1. The molecule has 5 nitrogen and oxygen atoms in total. The van der Waals surface area contributed by atoms with Crippen molar-refractivity contribution in [2.45, 2.75) is 23.0 Å². The van der Waals surface area contributed by atoms with Gasteiger partial charge in [-0.25, -0.2) is 4.68 Å². The zero-order valence-corrected chi connectivity index (χ0v) is 18.7. The van der Waals surface area contributed by atoms with Gasteiger partial charge in [0.25, 0.3) is 0 Å². The van der Waals surface area contributed by atoms with E-state index >= 15 is 0 Å². The van der Waals surface area contributed by atoms with Crippen molar-refractivity contribution < 1.29 is 4.79 Å². The Balaban J connectivity index is 1.51. The van der Waals surface area contributed by atoms with Gasteiger partial charge in [-0.1, -0.05) is 66.2 Å². The number of carbonyl (C=O) groups excluding carboxylic acids is 1. The Morgan fingerprint density at radius 1 is 0.903 bits per heavy atom. The van der Waals surface area contributed by atoms with Gasteiger partial charge in [0.15, 0.2) is 5.16 Å². The highest BCUT2D eigenvalue weighted by Gasteiger charge is 2.14. The number of anilines is 1. The summed E-state index contributed by atoms with van der Waals surface area (Å²) >= 11 is 13.5. The van der Waals surface area contributed by atoms with E-state index in [2.05, 4.69) is 15.4 Å². The molecular weight excluding hydrogens is 451 g/mol. The van der Waals surface area contributed by atoms with Crippen LogP contribution in [0.2, 0.25) is 10.3 Å². The first-order valence-electron chi connectivity index (χ1n) is 9.52. The Hall–Kier alpha value is -2.80. The summed E-state index contributed by atoms with van der Waals surface area (Å²) in [6.45, 7) is 0.502. The average molecular weight is 469 g/mol. The molecule has 1 N–H and O–H groups in total. The number of amides is 1. The Bertz CT molecular complexity index is 1180. The fraction of sp³-hybridized carbons (Fsp3) is 0.0870. The van der Waals surface area contributed by atoms with E-state index in [1.165, 1.54) is 11.8 Å². The first-order chi connectivity index (χ1) is 15.1. The van der Waals surface area contributed by atoms with Crippen LogP contribution in [0.1, 0.15) is 11.1 Å². The zero-order valence-electron chi connectivity index (χ0n) is 16.3. The lowest BCUT2D eigenvalue weighted by atomic mass is 10.1. The summed E-state index contributed by atoms with van der Waals surface area (Å²) in [7, 11) is 0.